The molecule has 5 rings (SSSR count). The summed E-state index contributed by atoms with van der Waals surface area (Å²) in [4.78, 5) is 22.5. The summed E-state index contributed by atoms with van der Waals surface area (Å²) in [7, 11) is 1.62. The third-order valence-electron chi connectivity index (χ3n) is 4.73. The van der Waals surface area contributed by atoms with Crippen LogP contribution in [0, 0.1) is 0 Å². The van der Waals surface area contributed by atoms with Gasteiger partial charge in [0.2, 0.25) is 5.13 Å². The van der Waals surface area contributed by atoms with E-state index in [-0.39, 0.29) is 5.91 Å². The molecule has 5 aromatic rings. The molecule has 2 aromatic heterocycles. The van der Waals surface area contributed by atoms with E-state index in [0.717, 1.165) is 36.2 Å². The maximum Gasteiger partial charge on any atom is 0.280 e. The Morgan fingerprint density at radius 1 is 1.06 bits per heavy atom. The van der Waals surface area contributed by atoms with Crippen LogP contribution in [0.3, 0.4) is 0 Å². The van der Waals surface area contributed by atoms with E-state index in [2.05, 4.69) is 31.0 Å². The SMILES string of the molecule is COc1ccc(/C=N/N(C(=O)c2ccc3ncsc3c2)c2nc3ccc(Br)cc3s2)cc1. The lowest BCUT2D eigenvalue weighted by atomic mass is 10.2. The van der Waals surface area contributed by atoms with E-state index in [1.165, 1.54) is 27.7 Å². The average Bonchev–Trinajstić information content (AvgIpc) is 3.45. The molecule has 0 atom stereocenters. The van der Waals surface area contributed by atoms with Crippen LogP contribution in [0.4, 0.5) is 5.13 Å². The fourth-order valence-electron chi connectivity index (χ4n) is 3.09. The topological polar surface area (TPSA) is 67.7 Å². The predicted molar refractivity (Wildman–Crippen MR) is 134 cm³/mol. The molecular formula is C23H15BrN4O2S2. The second-order valence-corrected chi connectivity index (χ2v) is 9.59. The van der Waals surface area contributed by atoms with E-state index < -0.39 is 0 Å². The Labute approximate surface area is 199 Å². The second kappa shape index (κ2) is 8.78. The zero-order valence-corrected chi connectivity index (χ0v) is 19.9. The van der Waals surface area contributed by atoms with Gasteiger partial charge in [0.25, 0.3) is 5.91 Å². The van der Waals surface area contributed by atoms with Crippen LogP contribution < -0.4 is 9.75 Å². The molecule has 0 unspecified atom stereocenters. The number of hydrogen-bond acceptors (Lipinski definition) is 7. The molecule has 0 aliphatic rings. The zero-order chi connectivity index (χ0) is 22.1. The van der Waals surface area contributed by atoms with E-state index >= 15 is 0 Å². The van der Waals surface area contributed by atoms with Crippen molar-refractivity contribution in [3.05, 3.63) is 81.8 Å². The Balaban J connectivity index is 1.56. The van der Waals surface area contributed by atoms with Crippen molar-refractivity contribution in [1.82, 2.24) is 9.97 Å². The number of anilines is 1. The largest absolute Gasteiger partial charge is 0.497 e. The maximum absolute atomic E-state index is 13.5. The smallest absolute Gasteiger partial charge is 0.280 e. The average molecular weight is 523 g/mol. The molecule has 0 radical (unpaired) electrons. The molecule has 32 heavy (non-hydrogen) atoms. The van der Waals surface area contributed by atoms with Crippen LogP contribution in [0.25, 0.3) is 20.4 Å². The van der Waals surface area contributed by atoms with Crippen molar-refractivity contribution in [3.8, 4) is 5.75 Å². The molecule has 158 valence electrons. The van der Waals surface area contributed by atoms with Crippen molar-refractivity contribution in [3.63, 3.8) is 0 Å². The van der Waals surface area contributed by atoms with Crippen molar-refractivity contribution < 1.29 is 9.53 Å². The summed E-state index contributed by atoms with van der Waals surface area (Å²) >= 11 is 6.39. The molecule has 0 spiro atoms. The van der Waals surface area contributed by atoms with Gasteiger partial charge in [0, 0.05) is 10.0 Å². The number of hydrazone groups is 1. The van der Waals surface area contributed by atoms with Gasteiger partial charge in [-0.1, -0.05) is 27.3 Å². The Morgan fingerprint density at radius 2 is 1.88 bits per heavy atom. The highest BCUT2D eigenvalue weighted by atomic mass is 79.9. The van der Waals surface area contributed by atoms with Gasteiger partial charge in [0.1, 0.15) is 5.75 Å². The van der Waals surface area contributed by atoms with Gasteiger partial charge in [-0.05, 0) is 66.2 Å². The highest BCUT2D eigenvalue weighted by Crippen LogP contribution is 2.32. The van der Waals surface area contributed by atoms with Crippen LogP contribution in [0.5, 0.6) is 5.75 Å². The number of nitrogens with zero attached hydrogens (tertiary/aromatic N) is 4. The molecule has 1 amide bonds. The summed E-state index contributed by atoms with van der Waals surface area (Å²) < 4.78 is 8.07. The molecule has 3 aromatic carbocycles. The lowest BCUT2D eigenvalue weighted by Gasteiger charge is -2.14. The summed E-state index contributed by atoms with van der Waals surface area (Å²) in [6.07, 6.45) is 1.64. The molecule has 0 aliphatic heterocycles. The van der Waals surface area contributed by atoms with Gasteiger partial charge in [0.15, 0.2) is 0 Å². The number of methoxy groups -OCH3 is 1. The molecule has 0 N–H and O–H groups in total. The van der Waals surface area contributed by atoms with Crippen molar-refractivity contribution in [2.75, 3.05) is 12.1 Å². The highest BCUT2D eigenvalue weighted by molar-refractivity contribution is 9.10. The molecular weight excluding hydrogens is 508 g/mol. The standard InChI is InChI=1S/C23H15BrN4O2S2/c1-30-17-6-2-14(3-7-17)12-26-28(23-27-19-9-5-16(24)11-21(19)32-23)22(29)15-4-8-18-20(10-15)31-13-25-18/h2-13H,1H3/b26-12+. The number of fused-ring (bicyclic) bond motifs is 2. The fourth-order valence-corrected chi connectivity index (χ4v) is 5.28. The number of rotatable bonds is 5. The van der Waals surface area contributed by atoms with Gasteiger partial charge in [0.05, 0.1) is 39.3 Å². The Hall–Kier alpha value is -3.14. The lowest BCUT2D eigenvalue weighted by Crippen LogP contribution is -2.25. The van der Waals surface area contributed by atoms with Crippen molar-refractivity contribution >= 4 is 76.3 Å². The number of ether oxygens (including phenoxy) is 1. The quantitative estimate of drug-likeness (QED) is 0.199. The van der Waals surface area contributed by atoms with E-state index in [1.807, 2.05) is 54.6 Å². The first-order valence-electron chi connectivity index (χ1n) is 9.52. The second-order valence-electron chi connectivity index (χ2n) is 6.78. The van der Waals surface area contributed by atoms with E-state index in [0.29, 0.717) is 10.7 Å². The molecule has 0 aliphatic carbocycles. The minimum absolute atomic E-state index is 0.261. The van der Waals surface area contributed by atoms with Crippen LogP contribution in [-0.4, -0.2) is 29.2 Å². The minimum atomic E-state index is -0.261. The van der Waals surface area contributed by atoms with E-state index in [9.17, 15) is 4.79 Å². The van der Waals surface area contributed by atoms with E-state index in [4.69, 9.17) is 4.74 Å². The summed E-state index contributed by atoms with van der Waals surface area (Å²) in [6, 6.07) is 18.7. The predicted octanol–water partition coefficient (Wildman–Crippen LogP) is 6.36. The molecule has 2 heterocycles. The maximum atomic E-state index is 13.5. The van der Waals surface area contributed by atoms with Crippen LogP contribution >= 0.6 is 38.6 Å². The number of hydrogen-bond donors (Lipinski definition) is 0. The highest BCUT2D eigenvalue weighted by Gasteiger charge is 2.21. The Kier molecular flexibility index (Phi) is 5.69. The Bertz CT molecular complexity index is 1460. The van der Waals surface area contributed by atoms with Gasteiger partial charge < -0.3 is 4.74 Å². The summed E-state index contributed by atoms with van der Waals surface area (Å²) in [5, 5.41) is 6.37. The van der Waals surface area contributed by atoms with Crippen LogP contribution in [0.15, 0.2) is 75.7 Å². The normalized spacial score (nSPS) is 11.4. The molecule has 6 nitrogen and oxygen atoms in total. The first kappa shape index (κ1) is 20.7. The zero-order valence-electron chi connectivity index (χ0n) is 16.7. The van der Waals surface area contributed by atoms with Crippen molar-refractivity contribution in [1.29, 1.82) is 0 Å². The number of amides is 1. The minimum Gasteiger partial charge on any atom is -0.497 e. The van der Waals surface area contributed by atoms with Gasteiger partial charge in [-0.15, -0.1) is 11.3 Å². The number of aromatic nitrogens is 2. The lowest BCUT2D eigenvalue weighted by molar-refractivity contribution is 0.0988. The van der Waals surface area contributed by atoms with Gasteiger partial charge in [-0.25, -0.2) is 9.97 Å². The third kappa shape index (κ3) is 4.14. The first-order chi connectivity index (χ1) is 15.6. The monoisotopic (exact) mass is 522 g/mol. The van der Waals surface area contributed by atoms with Crippen LogP contribution in [0.1, 0.15) is 15.9 Å². The number of benzene rings is 3. The summed E-state index contributed by atoms with van der Waals surface area (Å²) in [5.74, 6) is 0.493. The van der Waals surface area contributed by atoms with Gasteiger partial charge in [-0.2, -0.15) is 10.1 Å². The van der Waals surface area contributed by atoms with Crippen LogP contribution in [-0.2, 0) is 0 Å². The fraction of sp³-hybridized carbons (Fsp3) is 0.0435. The summed E-state index contributed by atoms with van der Waals surface area (Å²) in [6.45, 7) is 0. The van der Waals surface area contributed by atoms with Crippen molar-refractivity contribution in [2.45, 2.75) is 0 Å². The third-order valence-corrected chi connectivity index (χ3v) is 7.01. The Morgan fingerprint density at radius 3 is 2.69 bits per heavy atom. The first-order valence-corrected chi connectivity index (χ1v) is 12.0. The van der Waals surface area contributed by atoms with Gasteiger partial charge in [-0.3, -0.25) is 4.79 Å². The van der Waals surface area contributed by atoms with Crippen LogP contribution in [0.2, 0.25) is 0 Å². The molecule has 0 saturated heterocycles. The number of carbonyl (C=O) groups excluding carboxylic acids is 1. The molecule has 0 bridgehead atoms. The summed E-state index contributed by atoms with van der Waals surface area (Å²) in [5.41, 5.74) is 4.80. The van der Waals surface area contributed by atoms with E-state index in [1.54, 1.807) is 24.9 Å². The molecule has 0 fully saturated rings. The molecule has 0 saturated carbocycles. The molecule has 9 heteroatoms. The number of thiazole rings is 2. The number of carbonyl (C=O) groups is 1. The van der Waals surface area contributed by atoms with Crippen molar-refractivity contribution in [2.24, 2.45) is 5.10 Å². The van der Waals surface area contributed by atoms with Gasteiger partial charge >= 0.3 is 0 Å². The number of halogens is 1.